The number of imidazole rings is 1. The number of fused-ring (bicyclic) bond motifs is 1. The Kier molecular flexibility index (Phi) is 2.76. The number of aryl methyl sites for hydroxylation is 1. The summed E-state index contributed by atoms with van der Waals surface area (Å²) in [6, 6.07) is 7.03. The number of nitrogens with zero attached hydrogens (tertiary/aromatic N) is 4. The fourth-order valence-electron chi connectivity index (χ4n) is 2.14. The first kappa shape index (κ1) is 12.7. The molecule has 6 nitrogen and oxygen atoms in total. The molecule has 0 bridgehead atoms. The molecule has 0 aliphatic carbocycles. The van der Waals surface area contributed by atoms with Crippen molar-refractivity contribution in [3.63, 3.8) is 0 Å². The quantitative estimate of drug-likeness (QED) is 0.674. The average molecular weight is 291 g/mol. The topological polar surface area (TPSA) is 61.8 Å². The third-order valence-electron chi connectivity index (χ3n) is 3.25. The van der Waals surface area contributed by atoms with Crippen molar-refractivity contribution >= 4 is 22.8 Å². The minimum Gasteiger partial charge on any atom is -0.293 e. The third kappa shape index (κ3) is 1.69. The van der Waals surface area contributed by atoms with Crippen molar-refractivity contribution in [2.45, 2.75) is 0 Å². The number of rotatable bonds is 1. The van der Waals surface area contributed by atoms with E-state index in [-0.39, 0.29) is 5.56 Å². The van der Waals surface area contributed by atoms with E-state index in [1.807, 2.05) is 0 Å². The van der Waals surface area contributed by atoms with Crippen LogP contribution in [-0.4, -0.2) is 18.7 Å². The van der Waals surface area contributed by atoms with E-state index in [0.717, 1.165) is 10.3 Å². The van der Waals surface area contributed by atoms with Gasteiger partial charge in [0, 0.05) is 24.8 Å². The fourth-order valence-corrected chi connectivity index (χ4v) is 2.27. The SMILES string of the molecule is Cn1c(=O)c2c(ncn2-c2ccc(Cl)cc2)n(C)c1=O. The maximum Gasteiger partial charge on any atom is 0.332 e. The highest BCUT2D eigenvalue weighted by Gasteiger charge is 2.14. The van der Waals surface area contributed by atoms with Gasteiger partial charge in [-0.05, 0) is 24.3 Å². The van der Waals surface area contributed by atoms with Crippen LogP contribution in [0, 0.1) is 0 Å². The highest BCUT2D eigenvalue weighted by molar-refractivity contribution is 6.30. The summed E-state index contributed by atoms with van der Waals surface area (Å²) in [5, 5.41) is 0.610. The zero-order chi connectivity index (χ0) is 14.4. The second kappa shape index (κ2) is 4.35. The van der Waals surface area contributed by atoms with Crippen molar-refractivity contribution in [3.05, 3.63) is 56.5 Å². The van der Waals surface area contributed by atoms with E-state index in [1.54, 1.807) is 35.9 Å². The second-order valence-electron chi connectivity index (χ2n) is 4.47. The van der Waals surface area contributed by atoms with Crippen molar-refractivity contribution in [1.82, 2.24) is 18.7 Å². The molecule has 2 aromatic heterocycles. The molecule has 0 atom stereocenters. The minimum atomic E-state index is -0.399. The summed E-state index contributed by atoms with van der Waals surface area (Å²) < 4.78 is 4.06. The molecule has 0 spiro atoms. The standard InChI is InChI=1S/C13H11ClN4O2/c1-16-11-10(12(19)17(2)13(16)20)18(7-15-11)9-5-3-8(14)4-6-9/h3-7H,1-2H3. The zero-order valence-corrected chi connectivity index (χ0v) is 11.6. The molecule has 3 aromatic rings. The lowest BCUT2D eigenvalue weighted by molar-refractivity contribution is 0.707. The van der Waals surface area contributed by atoms with Gasteiger partial charge in [-0.25, -0.2) is 9.78 Å². The Hall–Kier alpha value is -2.34. The van der Waals surface area contributed by atoms with Gasteiger partial charge in [0.05, 0.1) is 0 Å². The monoisotopic (exact) mass is 290 g/mol. The maximum absolute atomic E-state index is 12.3. The molecule has 0 aliphatic rings. The van der Waals surface area contributed by atoms with Crippen LogP contribution in [0.3, 0.4) is 0 Å². The molecule has 0 unspecified atom stereocenters. The van der Waals surface area contributed by atoms with Crippen LogP contribution in [-0.2, 0) is 14.1 Å². The van der Waals surface area contributed by atoms with Crippen LogP contribution in [0.25, 0.3) is 16.9 Å². The second-order valence-corrected chi connectivity index (χ2v) is 4.91. The van der Waals surface area contributed by atoms with Gasteiger partial charge in [0.2, 0.25) is 0 Å². The summed E-state index contributed by atoms with van der Waals surface area (Å²) in [6.45, 7) is 0. The van der Waals surface area contributed by atoms with Crippen molar-refractivity contribution in [2.24, 2.45) is 14.1 Å². The molecular formula is C13H11ClN4O2. The number of hydrogen-bond donors (Lipinski definition) is 0. The molecule has 0 saturated heterocycles. The van der Waals surface area contributed by atoms with Crippen LogP contribution in [0.5, 0.6) is 0 Å². The Morgan fingerprint density at radius 1 is 1.05 bits per heavy atom. The molecule has 0 saturated carbocycles. The lowest BCUT2D eigenvalue weighted by Crippen LogP contribution is -2.37. The highest BCUT2D eigenvalue weighted by atomic mass is 35.5. The molecule has 0 N–H and O–H groups in total. The lowest BCUT2D eigenvalue weighted by Gasteiger charge is -2.06. The molecule has 0 aliphatic heterocycles. The van der Waals surface area contributed by atoms with Gasteiger partial charge >= 0.3 is 5.69 Å². The first-order valence-corrected chi connectivity index (χ1v) is 6.27. The molecule has 3 rings (SSSR count). The van der Waals surface area contributed by atoms with Crippen molar-refractivity contribution in [2.75, 3.05) is 0 Å². The molecule has 102 valence electrons. The first-order valence-electron chi connectivity index (χ1n) is 5.89. The Balaban J connectivity index is 2.43. The van der Waals surface area contributed by atoms with Gasteiger partial charge in [0.1, 0.15) is 6.33 Å². The van der Waals surface area contributed by atoms with Crippen LogP contribution >= 0.6 is 11.6 Å². The smallest absolute Gasteiger partial charge is 0.293 e. The van der Waals surface area contributed by atoms with E-state index in [1.165, 1.54) is 17.9 Å². The van der Waals surface area contributed by atoms with Crippen LogP contribution in [0.4, 0.5) is 0 Å². The molecule has 0 radical (unpaired) electrons. The van der Waals surface area contributed by atoms with E-state index >= 15 is 0 Å². The number of benzene rings is 1. The van der Waals surface area contributed by atoms with Crippen LogP contribution < -0.4 is 11.2 Å². The summed E-state index contributed by atoms with van der Waals surface area (Å²) in [5.41, 5.74) is 0.692. The van der Waals surface area contributed by atoms with Crippen molar-refractivity contribution in [3.8, 4) is 5.69 Å². The highest BCUT2D eigenvalue weighted by Crippen LogP contribution is 2.16. The summed E-state index contributed by atoms with van der Waals surface area (Å²) in [4.78, 5) is 28.3. The fraction of sp³-hybridized carbons (Fsp3) is 0.154. The van der Waals surface area contributed by atoms with Crippen molar-refractivity contribution < 1.29 is 0 Å². The Morgan fingerprint density at radius 2 is 1.70 bits per heavy atom. The number of hydrogen-bond acceptors (Lipinski definition) is 3. The molecule has 0 amide bonds. The molecule has 7 heteroatoms. The molecule has 2 heterocycles. The van der Waals surface area contributed by atoms with Gasteiger partial charge in [-0.3, -0.25) is 18.5 Å². The molecule has 0 fully saturated rings. The molecule has 20 heavy (non-hydrogen) atoms. The Labute approximate surface area is 118 Å². The normalized spacial score (nSPS) is 11.2. The maximum atomic E-state index is 12.3. The molecular weight excluding hydrogens is 280 g/mol. The van der Waals surface area contributed by atoms with Crippen LogP contribution in [0.1, 0.15) is 0 Å². The van der Waals surface area contributed by atoms with Gasteiger partial charge < -0.3 is 0 Å². The van der Waals surface area contributed by atoms with Crippen molar-refractivity contribution in [1.29, 1.82) is 0 Å². The largest absolute Gasteiger partial charge is 0.332 e. The Bertz CT molecular complexity index is 918. The zero-order valence-electron chi connectivity index (χ0n) is 10.9. The van der Waals surface area contributed by atoms with Gasteiger partial charge in [-0.15, -0.1) is 0 Å². The summed E-state index contributed by atoms with van der Waals surface area (Å²) in [7, 11) is 3.03. The summed E-state index contributed by atoms with van der Waals surface area (Å²) in [6.07, 6.45) is 1.52. The van der Waals surface area contributed by atoms with E-state index in [2.05, 4.69) is 4.98 Å². The minimum absolute atomic E-state index is 0.355. The van der Waals surface area contributed by atoms with Gasteiger partial charge in [0.25, 0.3) is 5.56 Å². The van der Waals surface area contributed by atoms with Gasteiger partial charge in [-0.2, -0.15) is 0 Å². The van der Waals surface area contributed by atoms with Gasteiger partial charge in [-0.1, -0.05) is 11.6 Å². The summed E-state index contributed by atoms with van der Waals surface area (Å²) in [5.74, 6) is 0. The predicted molar refractivity (Wildman–Crippen MR) is 76.6 cm³/mol. The van der Waals surface area contributed by atoms with Crippen LogP contribution in [0.2, 0.25) is 5.02 Å². The van der Waals surface area contributed by atoms with E-state index in [9.17, 15) is 9.59 Å². The first-order chi connectivity index (χ1) is 9.50. The lowest BCUT2D eigenvalue weighted by atomic mass is 10.3. The number of aromatic nitrogens is 4. The van der Waals surface area contributed by atoms with E-state index in [0.29, 0.717) is 16.2 Å². The van der Waals surface area contributed by atoms with E-state index < -0.39 is 5.69 Å². The van der Waals surface area contributed by atoms with Gasteiger partial charge in [0.15, 0.2) is 11.2 Å². The third-order valence-corrected chi connectivity index (χ3v) is 3.50. The van der Waals surface area contributed by atoms with Crippen LogP contribution in [0.15, 0.2) is 40.2 Å². The molecule has 1 aromatic carbocycles. The average Bonchev–Trinajstić information content (AvgIpc) is 2.88. The summed E-state index contributed by atoms with van der Waals surface area (Å²) >= 11 is 5.86. The predicted octanol–water partition coefficient (Wildman–Crippen LogP) is 1.08. The Morgan fingerprint density at radius 3 is 2.35 bits per heavy atom. The number of halogens is 1. The van der Waals surface area contributed by atoms with E-state index in [4.69, 9.17) is 11.6 Å².